The second-order valence-corrected chi connectivity index (χ2v) is 5.31. The van der Waals surface area contributed by atoms with Crippen LogP contribution < -0.4 is 10.6 Å². The molecule has 0 aliphatic rings. The zero-order chi connectivity index (χ0) is 16.8. The van der Waals surface area contributed by atoms with Gasteiger partial charge in [0.2, 0.25) is 5.95 Å². The average Bonchev–Trinajstić information content (AvgIpc) is 2.62. The standard InChI is InChI=1S/C17H17FN6/c1-12-2-7-16(24-23-12)19-8-13-3-5-14(6-4-13)9-20-17-21-10-15(18)11-22-17/h2-7,10-11H,8-9H2,1H3,(H,19,24)(H,20,21,22). The molecule has 3 aromatic rings. The second-order valence-electron chi connectivity index (χ2n) is 5.31. The molecular formula is C17H17FN6. The van der Waals surface area contributed by atoms with Crippen LogP contribution in [-0.4, -0.2) is 20.2 Å². The molecule has 3 rings (SSSR count). The number of anilines is 2. The summed E-state index contributed by atoms with van der Waals surface area (Å²) < 4.78 is 12.7. The van der Waals surface area contributed by atoms with Crippen LogP contribution in [0.2, 0.25) is 0 Å². The molecule has 0 bridgehead atoms. The number of benzene rings is 1. The first-order valence-corrected chi connectivity index (χ1v) is 7.52. The van der Waals surface area contributed by atoms with E-state index in [1.165, 1.54) is 0 Å². The molecule has 2 heterocycles. The van der Waals surface area contributed by atoms with Crippen LogP contribution in [0.3, 0.4) is 0 Å². The van der Waals surface area contributed by atoms with E-state index in [0.717, 1.165) is 35.0 Å². The molecule has 0 fully saturated rings. The predicted molar refractivity (Wildman–Crippen MR) is 89.9 cm³/mol. The quantitative estimate of drug-likeness (QED) is 0.726. The van der Waals surface area contributed by atoms with E-state index in [0.29, 0.717) is 19.0 Å². The normalized spacial score (nSPS) is 10.4. The highest BCUT2D eigenvalue weighted by Crippen LogP contribution is 2.09. The van der Waals surface area contributed by atoms with Gasteiger partial charge in [-0.05, 0) is 30.2 Å². The lowest BCUT2D eigenvalue weighted by molar-refractivity contribution is 0.614. The fourth-order valence-corrected chi connectivity index (χ4v) is 2.05. The van der Waals surface area contributed by atoms with Gasteiger partial charge in [0.25, 0.3) is 0 Å². The van der Waals surface area contributed by atoms with Crippen LogP contribution in [0.5, 0.6) is 0 Å². The van der Waals surface area contributed by atoms with Crippen molar-refractivity contribution < 1.29 is 4.39 Å². The summed E-state index contributed by atoms with van der Waals surface area (Å²) in [5.74, 6) is 0.704. The largest absolute Gasteiger partial charge is 0.365 e. The van der Waals surface area contributed by atoms with Crippen molar-refractivity contribution in [2.45, 2.75) is 20.0 Å². The van der Waals surface area contributed by atoms with Crippen molar-refractivity contribution in [2.75, 3.05) is 10.6 Å². The van der Waals surface area contributed by atoms with Gasteiger partial charge in [-0.3, -0.25) is 0 Å². The number of aromatic nitrogens is 4. The monoisotopic (exact) mass is 324 g/mol. The van der Waals surface area contributed by atoms with Crippen LogP contribution >= 0.6 is 0 Å². The molecule has 0 atom stereocenters. The van der Waals surface area contributed by atoms with E-state index in [9.17, 15) is 4.39 Å². The molecule has 0 amide bonds. The Balaban J connectivity index is 1.51. The number of hydrogen-bond acceptors (Lipinski definition) is 6. The van der Waals surface area contributed by atoms with E-state index in [1.54, 1.807) is 0 Å². The van der Waals surface area contributed by atoms with Gasteiger partial charge in [-0.2, -0.15) is 5.10 Å². The number of nitrogens with one attached hydrogen (secondary N) is 2. The molecule has 2 aromatic heterocycles. The smallest absolute Gasteiger partial charge is 0.223 e. The van der Waals surface area contributed by atoms with Crippen molar-refractivity contribution >= 4 is 11.8 Å². The molecule has 0 aliphatic heterocycles. The van der Waals surface area contributed by atoms with Crippen LogP contribution in [0, 0.1) is 12.7 Å². The molecule has 122 valence electrons. The molecule has 0 aliphatic carbocycles. The molecule has 0 saturated carbocycles. The van der Waals surface area contributed by atoms with E-state index >= 15 is 0 Å². The summed E-state index contributed by atoms with van der Waals surface area (Å²) in [7, 11) is 0. The summed E-state index contributed by atoms with van der Waals surface area (Å²) in [6.07, 6.45) is 2.27. The maximum Gasteiger partial charge on any atom is 0.223 e. The molecule has 24 heavy (non-hydrogen) atoms. The van der Waals surface area contributed by atoms with E-state index in [1.807, 2.05) is 43.3 Å². The third-order valence-electron chi connectivity index (χ3n) is 3.37. The Kier molecular flexibility index (Phi) is 4.90. The van der Waals surface area contributed by atoms with Crippen LogP contribution in [0.4, 0.5) is 16.2 Å². The molecule has 1 aromatic carbocycles. The Morgan fingerprint density at radius 3 is 2.04 bits per heavy atom. The summed E-state index contributed by atoms with van der Waals surface area (Å²) in [5.41, 5.74) is 3.11. The molecule has 0 unspecified atom stereocenters. The Bertz CT molecular complexity index is 703. The van der Waals surface area contributed by atoms with Gasteiger partial charge < -0.3 is 10.6 Å². The van der Waals surface area contributed by atoms with Gasteiger partial charge in [-0.25, -0.2) is 14.4 Å². The number of halogens is 1. The lowest BCUT2D eigenvalue weighted by Crippen LogP contribution is -2.05. The highest BCUT2D eigenvalue weighted by atomic mass is 19.1. The van der Waals surface area contributed by atoms with Crippen LogP contribution in [0.25, 0.3) is 0 Å². The second kappa shape index (κ2) is 7.45. The van der Waals surface area contributed by atoms with Crippen molar-refractivity contribution in [1.29, 1.82) is 0 Å². The SMILES string of the molecule is Cc1ccc(NCc2ccc(CNc3ncc(F)cn3)cc2)nn1. The van der Waals surface area contributed by atoms with Gasteiger partial charge in [0, 0.05) is 13.1 Å². The number of aryl methyl sites for hydroxylation is 1. The zero-order valence-electron chi connectivity index (χ0n) is 13.2. The summed E-state index contributed by atoms with van der Waals surface area (Å²) >= 11 is 0. The highest BCUT2D eigenvalue weighted by Gasteiger charge is 1.99. The van der Waals surface area contributed by atoms with E-state index in [2.05, 4.69) is 30.8 Å². The van der Waals surface area contributed by atoms with Gasteiger partial charge in [-0.15, -0.1) is 5.10 Å². The van der Waals surface area contributed by atoms with Gasteiger partial charge in [0.1, 0.15) is 5.82 Å². The molecular weight excluding hydrogens is 307 g/mol. The molecule has 6 nitrogen and oxygen atoms in total. The van der Waals surface area contributed by atoms with Gasteiger partial charge in [0.15, 0.2) is 5.82 Å². The summed E-state index contributed by atoms with van der Waals surface area (Å²) in [6, 6.07) is 11.9. The van der Waals surface area contributed by atoms with Crippen molar-refractivity contribution in [3.8, 4) is 0 Å². The highest BCUT2D eigenvalue weighted by molar-refractivity contribution is 5.35. The van der Waals surface area contributed by atoms with Crippen molar-refractivity contribution in [1.82, 2.24) is 20.2 Å². The predicted octanol–water partition coefficient (Wildman–Crippen LogP) is 2.94. The van der Waals surface area contributed by atoms with Gasteiger partial charge in [0.05, 0.1) is 18.1 Å². The minimum atomic E-state index is -0.448. The van der Waals surface area contributed by atoms with Crippen molar-refractivity contribution in [3.63, 3.8) is 0 Å². The number of hydrogen-bond donors (Lipinski definition) is 2. The lowest BCUT2D eigenvalue weighted by Gasteiger charge is -2.07. The third-order valence-corrected chi connectivity index (χ3v) is 3.37. The number of rotatable bonds is 6. The Labute approximate surface area is 139 Å². The van der Waals surface area contributed by atoms with E-state index in [4.69, 9.17) is 0 Å². The fraction of sp³-hybridized carbons (Fsp3) is 0.176. The third kappa shape index (κ3) is 4.45. The van der Waals surface area contributed by atoms with Gasteiger partial charge >= 0.3 is 0 Å². The summed E-state index contributed by atoms with van der Waals surface area (Å²) in [4.78, 5) is 7.72. The first-order chi connectivity index (χ1) is 11.7. The number of nitrogens with zero attached hydrogens (tertiary/aromatic N) is 4. The van der Waals surface area contributed by atoms with Crippen molar-refractivity contribution in [3.05, 3.63) is 71.4 Å². The molecule has 7 heteroatoms. The van der Waals surface area contributed by atoms with Gasteiger partial charge in [-0.1, -0.05) is 24.3 Å². The first-order valence-electron chi connectivity index (χ1n) is 7.52. The van der Waals surface area contributed by atoms with E-state index < -0.39 is 5.82 Å². The summed E-state index contributed by atoms with van der Waals surface area (Å²) in [5, 5.41) is 14.4. The Morgan fingerprint density at radius 2 is 1.46 bits per heavy atom. The molecule has 0 radical (unpaired) electrons. The minimum Gasteiger partial charge on any atom is -0.365 e. The Hall–Kier alpha value is -3.09. The zero-order valence-corrected chi connectivity index (χ0v) is 13.2. The van der Waals surface area contributed by atoms with Crippen LogP contribution in [0.15, 0.2) is 48.8 Å². The topological polar surface area (TPSA) is 75.6 Å². The first kappa shape index (κ1) is 15.8. The molecule has 0 spiro atoms. The van der Waals surface area contributed by atoms with Crippen LogP contribution in [0.1, 0.15) is 16.8 Å². The van der Waals surface area contributed by atoms with E-state index in [-0.39, 0.29) is 0 Å². The maximum absolute atomic E-state index is 12.7. The lowest BCUT2D eigenvalue weighted by atomic mass is 10.1. The molecule has 0 saturated heterocycles. The molecule has 2 N–H and O–H groups in total. The minimum absolute atomic E-state index is 0.403. The average molecular weight is 324 g/mol. The summed E-state index contributed by atoms with van der Waals surface area (Å²) in [6.45, 7) is 3.15. The fourth-order valence-electron chi connectivity index (χ4n) is 2.05. The van der Waals surface area contributed by atoms with Crippen LogP contribution in [-0.2, 0) is 13.1 Å². The maximum atomic E-state index is 12.7. The Morgan fingerprint density at radius 1 is 0.833 bits per heavy atom. The van der Waals surface area contributed by atoms with Crippen molar-refractivity contribution in [2.24, 2.45) is 0 Å².